The van der Waals surface area contributed by atoms with Gasteiger partial charge in [0.1, 0.15) is 6.04 Å². The number of hydrogen-bond donors (Lipinski definition) is 3. The van der Waals surface area contributed by atoms with E-state index in [9.17, 15) is 29.4 Å². The van der Waals surface area contributed by atoms with E-state index in [4.69, 9.17) is 0 Å². The molecule has 0 fully saturated rings. The van der Waals surface area contributed by atoms with Crippen LogP contribution in [0.2, 0.25) is 0 Å². The fourth-order valence-electron chi connectivity index (χ4n) is 3.19. The minimum absolute atomic E-state index is 0.0867. The molecule has 0 aliphatic heterocycles. The summed E-state index contributed by atoms with van der Waals surface area (Å²) in [4.78, 5) is 48.3. The van der Waals surface area contributed by atoms with Gasteiger partial charge in [-0.05, 0) is 11.1 Å². The first-order chi connectivity index (χ1) is 15.1. The van der Waals surface area contributed by atoms with Crippen molar-refractivity contribution < 1.29 is 33.9 Å². The highest BCUT2D eigenvalue weighted by Gasteiger charge is 2.40. The van der Waals surface area contributed by atoms with Gasteiger partial charge in [0, 0.05) is 25.0 Å². The first kappa shape index (κ1) is 24.5. The highest BCUT2D eigenvalue weighted by molar-refractivity contribution is 5.96. The maximum absolute atomic E-state index is 12.7. The Morgan fingerprint density at radius 3 is 1.78 bits per heavy atom. The molecule has 0 aliphatic carbocycles. The van der Waals surface area contributed by atoms with E-state index in [-0.39, 0.29) is 12.8 Å². The summed E-state index contributed by atoms with van der Waals surface area (Å²) >= 11 is 0. The lowest BCUT2D eigenvalue weighted by molar-refractivity contribution is -0.829. The second kappa shape index (κ2) is 11.0. The highest BCUT2D eigenvalue weighted by Crippen LogP contribution is 2.15. The molecular weight excluding hydrogens is 412 g/mol. The molecule has 0 radical (unpaired) electrons. The van der Waals surface area contributed by atoms with Crippen LogP contribution in [0, 0.1) is 0 Å². The molecule has 3 N–H and O–H groups in total. The van der Waals surface area contributed by atoms with Gasteiger partial charge < -0.3 is 15.5 Å². The molecule has 0 saturated heterocycles. The van der Waals surface area contributed by atoms with Gasteiger partial charge in [-0.15, -0.1) is 0 Å². The lowest BCUT2D eigenvalue weighted by Gasteiger charge is -2.32. The number of amides is 2. The zero-order valence-corrected chi connectivity index (χ0v) is 18.0. The zero-order chi connectivity index (χ0) is 23.7. The predicted octanol–water partition coefficient (Wildman–Crippen LogP) is 1.65. The normalized spacial score (nSPS) is 13.3. The van der Waals surface area contributed by atoms with E-state index in [1.807, 2.05) is 6.07 Å². The third-order valence-electron chi connectivity index (χ3n) is 5.18. The van der Waals surface area contributed by atoms with E-state index < -0.39 is 40.3 Å². The Bertz CT molecular complexity index is 986. The molecule has 2 atom stereocenters. The molecule has 32 heavy (non-hydrogen) atoms. The van der Waals surface area contributed by atoms with E-state index in [0.29, 0.717) is 0 Å². The number of quaternary nitrogens is 1. The minimum atomic E-state index is -1.20. The Morgan fingerprint density at radius 2 is 1.31 bits per heavy atom. The fraction of sp³-hybridized carbons (Fsp3) is 0.250. The van der Waals surface area contributed by atoms with Crippen molar-refractivity contribution >= 4 is 23.8 Å². The Labute approximate surface area is 186 Å². The first-order valence-electron chi connectivity index (χ1n) is 10.0. The van der Waals surface area contributed by atoms with Crippen molar-refractivity contribution in [1.82, 2.24) is 5.32 Å². The Morgan fingerprint density at radius 1 is 0.812 bits per heavy atom. The number of hydrogen-bond acceptors (Lipinski definition) is 4. The Hall–Kier alpha value is -3.78. The summed E-state index contributed by atoms with van der Waals surface area (Å²) in [6, 6.07) is 15.5. The molecule has 0 aliphatic rings. The van der Waals surface area contributed by atoms with Gasteiger partial charge >= 0.3 is 17.8 Å². The van der Waals surface area contributed by atoms with Crippen LogP contribution in [0.25, 0.3) is 0 Å². The monoisotopic (exact) mass is 439 g/mol. The zero-order valence-electron chi connectivity index (χ0n) is 18.0. The molecule has 0 saturated carbocycles. The number of carboxylic acids is 2. The lowest BCUT2D eigenvalue weighted by Crippen LogP contribution is -2.57. The molecular formula is C24H27N2O6+. The van der Waals surface area contributed by atoms with Gasteiger partial charge in [0.25, 0.3) is 0 Å². The number of carbonyl (C=O) groups excluding carboxylic acids is 2. The first-order valence-corrected chi connectivity index (χ1v) is 10.0. The van der Waals surface area contributed by atoms with Crippen molar-refractivity contribution in [2.75, 3.05) is 14.1 Å². The van der Waals surface area contributed by atoms with Crippen LogP contribution in [0.1, 0.15) is 11.1 Å². The third-order valence-corrected chi connectivity index (χ3v) is 5.18. The Kier molecular flexibility index (Phi) is 8.43. The van der Waals surface area contributed by atoms with Crippen LogP contribution in [0.5, 0.6) is 0 Å². The van der Waals surface area contributed by atoms with Crippen LogP contribution in [0.15, 0.2) is 72.8 Å². The number of likely N-dealkylation sites (N-methyl/N-ethyl adjacent to an activating group) is 1. The molecule has 2 unspecified atom stereocenters. The molecule has 2 aromatic carbocycles. The van der Waals surface area contributed by atoms with Crippen LogP contribution in [-0.4, -0.2) is 64.6 Å². The average molecular weight is 439 g/mol. The van der Waals surface area contributed by atoms with E-state index in [1.165, 1.54) is 14.1 Å². The van der Waals surface area contributed by atoms with E-state index in [2.05, 4.69) is 5.32 Å². The second-order valence-corrected chi connectivity index (χ2v) is 7.84. The number of nitrogens with one attached hydrogen (secondary N) is 1. The summed E-state index contributed by atoms with van der Waals surface area (Å²) < 4.78 is -0.514. The number of carbonyl (C=O) groups is 4. The van der Waals surface area contributed by atoms with Gasteiger partial charge in [-0.2, -0.15) is 0 Å². The quantitative estimate of drug-likeness (QED) is 0.382. The van der Waals surface area contributed by atoms with Crippen LogP contribution in [0.4, 0.5) is 0 Å². The van der Waals surface area contributed by atoms with Crippen LogP contribution < -0.4 is 5.32 Å². The van der Waals surface area contributed by atoms with Gasteiger partial charge in [0.05, 0.1) is 14.1 Å². The topological polar surface area (TPSA) is 121 Å². The molecule has 0 spiro atoms. The molecule has 2 aromatic rings. The maximum Gasteiger partial charge on any atom is 0.363 e. The van der Waals surface area contributed by atoms with Crippen molar-refractivity contribution in [3.63, 3.8) is 0 Å². The largest absolute Gasteiger partial charge is 0.480 e. The van der Waals surface area contributed by atoms with Gasteiger partial charge in [-0.25, -0.2) is 18.9 Å². The van der Waals surface area contributed by atoms with Crippen LogP contribution in [-0.2, 0) is 32.0 Å². The number of nitrogens with zero attached hydrogens (tertiary/aromatic N) is 1. The standard InChI is InChI=1S/C24H26N2O6/c1-26(2,20(24(31)32)16-18-11-7-4-8-12-18)22(28)14-13-21(27)25-19(23(29)30)15-17-9-5-3-6-10-17/h3-14,19-20H,15-16H2,1-2H3,(H2-,25,27,29,30,31,32)/p+1. The van der Waals surface area contributed by atoms with Crippen molar-refractivity contribution in [3.8, 4) is 0 Å². The Balaban J connectivity index is 2.07. The van der Waals surface area contributed by atoms with Gasteiger partial charge in [-0.1, -0.05) is 60.7 Å². The van der Waals surface area contributed by atoms with Crippen molar-refractivity contribution in [3.05, 3.63) is 83.9 Å². The lowest BCUT2D eigenvalue weighted by atomic mass is 10.0. The summed E-state index contributed by atoms with van der Waals surface area (Å²) in [5, 5.41) is 21.4. The van der Waals surface area contributed by atoms with Crippen molar-refractivity contribution in [1.29, 1.82) is 0 Å². The van der Waals surface area contributed by atoms with Crippen molar-refractivity contribution in [2.24, 2.45) is 0 Å². The summed E-state index contributed by atoms with van der Waals surface area (Å²) in [6.45, 7) is 0. The van der Waals surface area contributed by atoms with E-state index in [0.717, 1.165) is 23.3 Å². The number of carboxylic acid groups (broad SMARTS) is 2. The molecule has 0 heterocycles. The summed E-state index contributed by atoms with van der Waals surface area (Å²) in [6.07, 6.45) is 2.14. The molecule has 168 valence electrons. The molecule has 0 bridgehead atoms. The predicted molar refractivity (Wildman–Crippen MR) is 118 cm³/mol. The maximum atomic E-state index is 12.7. The number of rotatable bonds is 10. The van der Waals surface area contributed by atoms with Gasteiger partial charge in [0.15, 0.2) is 6.04 Å². The van der Waals surface area contributed by atoms with Gasteiger partial charge in [-0.3, -0.25) is 4.79 Å². The summed E-state index contributed by atoms with van der Waals surface area (Å²) in [5.41, 5.74) is 1.51. The number of aliphatic carboxylic acids is 2. The smallest absolute Gasteiger partial charge is 0.363 e. The average Bonchev–Trinajstić information content (AvgIpc) is 2.76. The molecule has 8 nitrogen and oxygen atoms in total. The molecule has 2 amide bonds. The van der Waals surface area contributed by atoms with Crippen LogP contribution in [0.3, 0.4) is 0 Å². The second-order valence-electron chi connectivity index (χ2n) is 7.84. The SMILES string of the molecule is C[N+](C)(C(=O)C=CC(=O)NC(Cc1ccccc1)C(=O)O)C(Cc1ccccc1)C(=O)O. The highest BCUT2D eigenvalue weighted by atomic mass is 16.4. The van der Waals surface area contributed by atoms with E-state index in [1.54, 1.807) is 54.6 Å². The van der Waals surface area contributed by atoms with Crippen molar-refractivity contribution in [2.45, 2.75) is 24.9 Å². The minimum Gasteiger partial charge on any atom is -0.480 e. The number of benzene rings is 2. The molecule has 0 aromatic heterocycles. The molecule has 2 rings (SSSR count). The summed E-state index contributed by atoms with van der Waals surface area (Å²) in [7, 11) is 2.92. The fourth-order valence-corrected chi connectivity index (χ4v) is 3.19. The van der Waals surface area contributed by atoms with Gasteiger partial charge in [0.2, 0.25) is 5.91 Å². The van der Waals surface area contributed by atoms with Crippen LogP contribution >= 0.6 is 0 Å². The summed E-state index contributed by atoms with van der Waals surface area (Å²) in [5.74, 6) is -3.69. The van der Waals surface area contributed by atoms with E-state index >= 15 is 0 Å². The third kappa shape index (κ3) is 6.88. The molecule has 8 heteroatoms.